The van der Waals surface area contributed by atoms with Gasteiger partial charge in [-0.25, -0.2) is 9.97 Å². The van der Waals surface area contributed by atoms with E-state index in [4.69, 9.17) is 25.5 Å². The van der Waals surface area contributed by atoms with E-state index < -0.39 is 17.9 Å². The SMILES string of the molecule is Cc1ncsc1-c1ccc([C@H](CN)NC(=O)[C@@H]2C[C@@H](O)CC2CCC(=O)[C@@H](c2cc(OCCN3CCN(CCOc4cc(N5C6CCC5CN(c5cc(-c7ccccc7O)nnc5N)C6)ccn4)CC3)no2)C(C)C)cc1. The van der Waals surface area contributed by atoms with E-state index >= 15 is 0 Å². The number of rotatable bonds is 22. The van der Waals surface area contributed by atoms with Gasteiger partial charge in [0, 0.05) is 113 Å². The van der Waals surface area contributed by atoms with Crippen molar-refractivity contribution in [3.63, 3.8) is 0 Å². The number of fused-ring (bicyclic) bond motifs is 2. The number of hydrogen-bond donors (Lipinski definition) is 5. The maximum atomic E-state index is 13.9. The zero-order valence-corrected chi connectivity index (χ0v) is 45.1. The van der Waals surface area contributed by atoms with Crippen molar-refractivity contribution in [2.24, 2.45) is 23.5 Å². The number of pyridine rings is 1. The summed E-state index contributed by atoms with van der Waals surface area (Å²) in [6.45, 7) is 13.9. The smallest absolute Gasteiger partial charge is 0.254 e. The molecule has 4 fully saturated rings. The van der Waals surface area contributed by atoms with Gasteiger partial charge in [-0.15, -0.1) is 21.5 Å². The number of nitrogens with one attached hydrogen (secondary N) is 1. The number of aryl methyl sites for hydroxylation is 1. The number of aliphatic hydroxyl groups is 1. The Morgan fingerprint density at radius 3 is 2.29 bits per heavy atom. The van der Waals surface area contributed by atoms with Crippen molar-refractivity contribution < 1.29 is 33.8 Å². The van der Waals surface area contributed by atoms with Gasteiger partial charge in [0.2, 0.25) is 11.8 Å². The molecule has 1 saturated carbocycles. The van der Waals surface area contributed by atoms with Crippen LogP contribution in [0.2, 0.25) is 0 Å². The van der Waals surface area contributed by atoms with E-state index in [2.05, 4.69) is 62.4 Å². The molecular formula is C57H72N12O7S. The monoisotopic (exact) mass is 1070 g/mol. The molecular weight excluding hydrogens is 997 g/mol. The molecule has 77 heavy (non-hydrogen) atoms. The normalized spacial score (nSPS) is 21.6. The van der Waals surface area contributed by atoms with Crippen LogP contribution < -0.4 is 36.1 Å². The molecule has 7 N–H and O–H groups in total. The summed E-state index contributed by atoms with van der Waals surface area (Å²) in [6.07, 6.45) is 4.89. The maximum Gasteiger partial charge on any atom is 0.254 e. The first kappa shape index (κ1) is 53.7. The topological polar surface area (TPSA) is 248 Å². The Balaban J connectivity index is 0.637. The summed E-state index contributed by atoms with van der Waals surface area (Å²) in [6, 6.07) is 23.2. The molecule has 19 nitrogen and oxygen atoms in total. The molecule has 7 heterocycles. The number of aromatic hydroxyl groups is 1. The predicted molar refractivity (Wildman–Crippen MR) is 296 cm³/mol. The van der Waals surface area contributed by atoms with Gasteiger partial charge in [0.05, 0.1) is 45.5 Å². The number of aliphatic hydroxyl groups excluding tert-OH is 1. The number of anilines is 3. The number of Topliss-reactive ketones (excluding diaryl/α,β-unsaturated/α-hetero) is 1. The molecule has 3 unspecified atom stereocenters. The molecule has 0 radical (unpaired) electrons. The summed E-state index contributed by atoms with van der Waals surface area (Å²) in [5.74, 6) is 0.698. The summed E-state index contributed by atoms with van der Waals surface area (Å²) < 4.78 is 18.0. The van der Waals surface area contributed by atoms with Crippen LogP contribution in [0, 0.1) is 24.7 Å². The summed E-state index contributed by atoms with van der Waals surface area (Å²) in [5, 5.41) is 37.0. The molecule has 2 bridgehead atoms. The van der Waals surface area contributed by atoms with Crippen LogP contribution >= 0.6 is 11.3 Å². The van der Waals surface area contributed by atoms with Gasteiger partial charge in [-0.2, -0.15) is 0 Å². The van der Waals surface area contributed by atoms with Gasteiger partial charge in [-0.1, -0.05) is 50.2 Å². The van der Waals surface area contributed by atoms with Crippen LogP contribution in [-0.2, 0) is 9.59 Å². The third kappa shape index (κ3) is 12.5. The van der Waals surface area contributed by atoms with Gasteiger partial charge in [0.1, 0.15) is 24.7 Å². The first-order valence-electron chi connectivity index (χ1n) is 27.2. The van der Waals surface area contributed by atoms with Crippen molar-refractivity contribution in [2.75, 3.05) is 87.7 Å². The summed E-state index contributed by atoms with van der Waals surface area (Å²) in [5.41, 5.74) is 20.5. The molecule has 3 aliphatic heterocycles. The number of nitrogens with two attached hydrogens (primary N) is 2. The molecule has 4 aromatic heterocycles. The third-order valence-corrected chi connectivity index (χ3v) is 17.0. The Labute approximate surface area is 454 Å². The zero-order chi connectivity index (χ0) is 53.6. The Bertz CT molecular complexity index is 2930. The predicted octanol–water partition coefficient (Wildman–Crippen LogP) is 6.47. The Hall–Kier alpha value is -6.71. The number of nitrogen functional groups attached to an aromatic ring is 1. The highest BCUT2D eigenvalue weighted by atomic mass is 32.1. The number of ether oxygens (including phenoxy) is 2. The highest BCUT2D eigenvalue weighted by molar-refractivity contribution is 7.13. The third-order valence-electron chi connectivity index (χ3n) is 16.1. The number of aromatic nitrogens is 5. The molecule has 1 amide bonds. The van der Waals surface area contributed by atoms with E-state index in [1.807, 2.05) is 74.9 Å². The Kier molecular flexibility index (Phi) is 16.9. The number of benzene rings is 2. The number of piperazine rings is 2. The molecule has 408 valence electrons. The fourth-order valence-electron chi connectivity index (χ4n) is 12.0. The van der Waals surface area contributed by atoms with Gasteiger partial charge < -0.3 is 50.8 Å². The van der Waals surface area contributed by atoms with Crippen LogP contribution in [0.1, 0.15) is 81.3 Å². The molecule has 7 atom stereocenters. The van der Waals surface area contributed by atoms with Crippen LogP contribution in [0.4, 0.5) is 17.2 Å². The molecule has 10 rings (SSSR count). The first-order valence-corrected chi connectivity index (χ1v) is 28.1. The molecule has 20 heteroatoms. The van der Waals surface area contributed by atoms with Crippen LogP contribution in [0.25, 0.3) is 21.7 Å². The number of carbonyl (C=O) groups is 2. The number of phenols is 1. The molecule has 4 aliphatic rings. The van der Waals surface area contributed by atoms with Crippen molar-refractivity contribution >= 4 is 40.2 Å². The Morgan fingerprint density at radius 2 is 1.61 bits per heavy atom. The van der Waals surface area contributed by atoms with Crippen molar-refractivity contribution in [2.45, 2.75) is 89.4 Å². The Morgan fingerprint density at radius 1 is 0.896 bits per heavy atom. The molecule has 0 spiro atoms. The number of amides is 1. The first-order chi connectivity index (χ1) is 37.4. The van der Waals surface area contributed by atoms with E-state index in [0.29, 0.717) is 67.1 Å². The van der Waals surface area contributed by atoms with E-state index in [9.17, 15) is 19.8 Å². The van der Waals surface area contributed by atoms with Gasteiger partial charge in [0.25, 0.3) is 5.88 Å². The van der Waals surface area contributed by atoms with Crippen molar-refractivity contribution in [3.05, 3.63) is 102 Å². The second-order valence-corrected chi connectivity index (χ2v) is 22.3. The van der Waals surface area contributed by atoms with Gasteiger partial charge >= 0.3 is 0 Å². The number of carbonyl (C=O) groups excluding carboxylic acids is 2. The number of ketones is 1. The maximum absolute atomic E-state index is 13.9. The van der Waals surface area contributed by atoms with Crippen LogP contribution in [0.15, 0.2) is 89.0 Å². The summed E-state index contributed by atoms with van der Waals surface area (Å²) in [7, 11) is 0. The fourth-order valence-corrected chi connectivity index (χ4v) is 12.8. The number of nitrogens with zero attached hydrogens (tertiary/aromatic N) is 9. The second kappa shape index (κ2) is 24.3. The minimum Gasteiger partial charge on any atom is -0.507 e. The van der Waals surface area contributed by atoms with Crippen molar-refractivity contribution in [3.8, 4) is 39.2 Å². The standard InChI is InChI=1S/C57H72N12O7S/c1-35(2)54(50(72)15-12-39-26-43(70)28-45(39)57(73)62-47(31-58)37-8-10-38(11-9-37)55-36(3)61-34-77-55)51-30-53(65-76-51)75-25-23-67-20-18-66(19-21-67)22-24-74-52-27-40(16-17-60-52)69-41-13-14-42(69)33-68(32-41)48-29-46(63-64-56(48)59)44-6-4-5-7-49(44)71/h4-11,16-17,27,29-30,34-35,39,41-43,45,47,54,70-71H,12-15,18-26,28,31-33,58H2,1-3H3,(H2,59,64)(H,62,73)/t39?,41?,42?,43-,45+,47-,54-/m0/s1. The van der Waals surface area contributed by atoms with Crippen molar-refractivity contribution in [1.82, 2.24) is 40.4 Å². The van der Waals surface area contributed by atoms with E-state index in [-0.39, 0.29) is 60.4 Å². The fraction of sp³-hybridized carbons (Fsp3) is 0.491. The van der Waals surface area contributed by atoms with Crippen molar-refractivity contribution in [1.29, 1.82) is 0 Å². The number of phenolic OH excluding ortho intramolecular Hbond substituents is 1. The van der Waals surface area contributed by atoms with E-state index in [0.717, 1.165) is 98.3 Å². The average Bonchev–Trinajstić information content (AvgIpc) is 4.26. The minimum atomic E-state index is -0.611. The lowest BCUT2D eigenvalue weighted by atomic mass is 9.83. The number of hydrogen-bond acceptors (Lipinski definition) is 19. The van der Waals surface area contributed by atoms with Crippen LogP contribution in [-0.4, -0.2) is 147 Å². The minimum absolute atomic E-state index is 0.0126. The molecule has 1 aliphatic carbocycles. The quantitative estimate of drug-likeness (QED) is 0.0489. The lowest BCUT2D eigenvalue weighted by molar-refractivity contribution is -0.128. The lowest BCUT2D eigenvalue weighted by Crippen LogP contribution is -2.54. The lowest BCUT2D eigenvalue weighted by Gasteiger charge is -2.43. The van der Waals surface area contributed by atoms with Crippen LogP contribution in [0.3, 0.4) is 0 Å². The van der Waals surface area contributed by atoms with Crippen LogP contribution in [0.5, 0.6) is 17.5 Å². The van der Waals surface area contributed by atoms with Gasteiger partial charge in [-0.3, -0.25) is 19.4 Å². The molecule has 2 aromatic carbocycles. The highest BCUT2D eigenvalue weighted by Crippen LogP contribution is 2.41. The number of thiazole rings is 1. The average molecular weight is 1070 g/mol. The summed E-state index contributed by atoms with van der Waals surface area (Å²) >= 11 is 1.59. The highest BCUT2D eigenvalue weighted by Gasteiger charge is 2.42. The largest absolute Gasteiger partial charge is 0.507 e. The van der Waals surface area contributed by atoms with E-state index in [1.54, 1.807) is 29.5 Å². The van der Waals surface area contributed by atoms with E-state index in [1.165, 1.54) is 0 Å². The number of para-hydroxylation sites is 1. The molecule has 6 aromatic rings. The summed E-state index contributed by atoms with van der Waals surface area (Å²) in [4.78, 5) is 47.2. The molecule has 3 saturated heterocycles. The van der Waals surface area contributed by atoms with Gasteiger partial charge in [-0.05, 0) is 91.4 Å². The second-order valence-electron chi connectivity index (χ2n) is 21.4. The zero-order valence-electron chi connectivity index (χ0n) is 44.2. The van der Waals surface area contributed by atoms with Gasteiger partial charge in [0.15, 0.2) is 11.6 Å².